The van der Waals surface area contributed by atoms with Gasteiger partial charge in [-0.05, 0) is 22.3 Å². The zero-order valence-electron chi connectivity index (χ0n) is 12.9. The summed E-state index contributed by atoms with van der Waals surface area (Å²) < 4.78 is 0. The molecule has 2 aliphatic carbocycles. The van der Waals surface area contributed by atoms with E-state index in [1.165, 1.54) is 22.3 Å². The van der Waals surface area contributed by atoms with Crippen molar-refractivity contribution in [2.75, 3.05) is 0 Å². The molecular weight excluding hydrogens is 276 g/mol. The second-order valence-electron chi connectivity index (χ2n) is 5.85. The van der Waals surface area contributed by atoms with Gasteiger partial charge in [-0.15, -0.1) is 0 Å². The normalized spacial score (nSPS) is 17.9. The number of benzene rings is 2. The van der Waals surface area contributed by atoms with Crippen LogP contribution in [0.3, 0.4) is 0 Å². The third-order valence-corrected chi connectivity index (χ3v) is 4.58. The fourth-order valence-electron chi connectivity index (χ4n) is 3.52. The van der Waals surface area contributed by atoms with Crippen LogP contribution in [-0.2, 0) is 5.41 Å². The van der Waals surface area contributed by atoms with Gasteiger partial charge in [-0.1, -0.05) is 109 Å². The number of hydrogen-bond acceptors (Lipinski definition) is 0. The highest BCUT2D eigenvalue weighted by atomic mass is 14.4. The Morgan fingerprint density at radius 2 is 1.22 bits per heavy atom. The van der Waals surface area contributed by atoms with Gasteiger partial charge in [-0.25, -0.2) is 0 Å². The van der Waals surface area contributed by atoms with Crippen LogP contribution in [0.4, 0.5) is 0 Å². The summed E-state index contributed by atoms with van der Waals surface area (Å²) in [6.07, 6.45) is 17.5. The van der Waals surface area contributed by atoms with E-state index < -0.39 is 0 Å². The summed E-state index contributed by atoms with van der Waals surface area (Å²) in [7, 11) is 0. The summed E-state index contributed by atoms with van der Waals surface area (Å²) in [6, 6.07) is 21.5. The molecule has 0 atom stereocenters. The van der Waals surface area contributed by atoms with Crippen molar-refractivity contribution in [2.24, 2.45) is 0 Å². The smallest absolute Gasteiger partial charge is 0.0640 e. The molecule has 2 aromatic carbocycles. The number of rotatable bonds is 2. The lowest BCUT2D eigenvalue weighted by atomic mass is 9.65. The van der Waals surface area contributed by atoms with Crippen LogP contribution in [0.15, 0.2) is 120 Å². The molecule has 0 fully saturated rings. The van der Waals surface area contributed by atoms with Gasteiger partial charge in [0, 0.05) is 0 Å². The minimum Gasteiger partial charge on any atom is -0.0652 e. The van der Waals surface area contributed by atoms with Crippen molar-refractivity contribution in [3.8, 4) is 0 Å². The van der Waals surface area contributed by atoms with Crippen LogP contribution in [0.2, 0.25) is 0 Å². The maximum Gasteiger partial charge on any atom is 0.0640 e. The van der Waals surface area contributed by atoms with Crippen molar-refractivity contribution in [2.45, 2.75) is 5.41 Å². The van der Waals surface area contributed by atoms with Gasteiger partial charge in [0.2, 0.25) is 0 Å². The molecule has 0 aliphatic heterocycles. The van der Waals surface area contributed by atoms with Crippen molar-refractivity contribution < 1.29 is 0 Å². The average Bonchev–Trinajstić information content (AvgIpc) is 2.89. The van der Waals surface area contributed by atoms with Gasteiger partial charge in [-0.3, -0.25) is 0 Å². The Balaban J connectivity index is 2.03. The number of allylic oxidation sites excluding steroid dienone is 10. The SMILES string of the molecule is C1=CC=C2C(=CC=CC2(c2ccccc2)c2ccccc2)C=C1. The maximum absolute atomic E-state index is 2.32. The average molecular weight is 294 g/mol. The third kappa shape index (κ3) is 2.24. The van der Waals surface area contributed by atoms with Gasteiger partial charge in [0.1, 0.15) is 0 Å². The van der Waals surface area contributed by atoms with Crippen LogP contribution in [0.1, 0.15) is 11.1 Å². The van der Waals surface area contributed by atoms with Crippen LogP contribution in [0.25, 0.3) is 0 Å². The molecule has 110 valence electrons. The first-order chi connectivity index (χ1) is 11.4. The molecule has 2 aliphatic rings. The maximum atomic E-state index is 2.32. The summed E-state index contributed by atoms with van der Waals surface area (Å²) in [5.74, 6) is 0. The summed E-state index contributed by atoms with van der Waals surface area (Å²) in [5.41, 5.74) is 4.93. The van der Waals surface area contributed by atoms with E-state index in [-0.39, 0.29) is 5.41 Å². The van der Waals surface area contributed by atoms with E-state index in [9.17, 15) is 0 Å². The molecule has 0 saturated carbocycles. The molecule has 0 bridgehead atoms. The Morgan fingerprint density at radius 3 is 1.87 bits per heavy atom. The molecule has 0 amide bonds. The summed E-state index contributed by atoms with van der Waals surface area (Å²) >= 11 is 0. The Hall–Kier alpha value is -2.86. The first-order valence-electron chi connectivity index (χ1n) is 7.98. The zero-order chi connectivity index (χ0) is 15.5. The van der Waals surface area contributed by atoms with Crippen molar-refractivity contribution in [1.82, 2.24) is 0 Å². The molecule has 0 heterocycles. The van der Waals surface area contributed by atoms with Crippen molar-refractivity contribution >= 4 is 0 Å². The molecule has 0 nitrogen and oxygen atoms in total. The highest BCUT2D eigenvalue weighted by Gasteiger charge is 2.37. The predicted molar refractivity (Wildman–Crippen MR) is 97.3 cm³/mol. The van der Waals surface area contributed by atoms with Gasteiger partial charge in [0.05, 0.1) is 5.41 Å². The van der Waals surface area contributed by atoms with E-state index in [1.54, 1.807) is 0 Å². The molecule has 2 aromatic rings. The lowest BCUT2D eigenvalue weighted by molar-refractivity contribution is 0.763. The highest BCUT2D eigenvalue weighted by Crippen LogP contribution is 2.46. The quantitative estimate of drug-likeness (QED) is 0.684. The van der Waals surface area contributed by atoms with E-state index >= 15 is 0 Å². The third-order valence-electron chi connectivity index (χ3n) is 4.58. The van der Waals surface area contributed by atoms with E-state index in [1.807, 2.05) is 0 Å². The fraction of sp³-hybridized carbons (Fsp3) is 0.0435. The highest BCUT2D eigenvalue weighted by molar-refractivity contribution is 5.66. The fourth-order valence-corrected chi connectivity index (χ4v) is 3.52. The van der Waals surface area contributed by atoms with Crippen LogP contribution in [0.5, 0.6) is 0 Å². The van der Waals surface area contributed by atoms with Crippen LogP contribution in [-0.4, -0.2) is 0 Å². The van der Waals surface area contributed by atoms with Gasteiger partial charge in [0.15, 0.2) is 0 Å². The first kappa shape index (κ1) is 13.8. The van der Waals surface area contributed by atoms with Crippen molar-refractivity contribution in [1.29, 1.82) is 0 Å². The second-order valence-corrected chi connectivity index (χ2v) is 5.85. The van der Waals surface area contributed by atoms with Gasteiger partial charge in [0.25, 0.3) is 0 Å². The first-order valence-corrected chi connectivity index (χ1v) is 7.98. The van der Waals surface area contributed by atoms with Crippen molar-refractivity contribution in [3.63, 3.8) is 0 Å². The summed E-state index contributed by atoms with van der Waals surface area (Å²) in [4.78, 5) is 0. The Kier molecular flexibility index (Phi) is 3.44. The molecule has 0 saturated heterocycles. The van der Waals surface area contributed by atoms with Crippen LogP contribution >= 0.6 is 0 Å². The number of hydrogen-bond donors (Lipinski definition) is 0. The lowest BCUT2D eigenvalue weighted by Crippen LogP contribution is -2.30. The lowest BCUT2D eigenvalue weighted by Gasteiger charge is -2.37. The zero-order valence-corrected chi connectivity index (χ0v) is 12.9. The Labute approximate surface area is 137 Å². The Bertz CT molecular complexity index is 804. The molecule has 0 heteroatoms. The largest absolute Gasteiger partial charge is 0.0652 e. The van der Waals surface area contributed by atoms with E-state index in [0.717, 1.165) is 0 Å². The molecule has 0 aromatic heterocycles. The molecule has 23 heavy (non-hydrogen) atoms. The number of fused-ring (bicyclic) bond motifs is 1. The van der Waals surface area contributed by atoms with Gasteiger partial charge < -0.3 is 0 Å². The molecule has 4 rings (SSSR count). The minimum atomic E-state index is -0.244. The van der Waals surface area contributed by atoms with Crippen molar-refractivity contribution in [3.05, 3.63) is 132 Å². The predicted octanol–water partition coefficient (Wildman–Crippen LogP) is 5.52. The van der Waals surface area contributed by atoms with Crippen LogP contribution in [0, 0.1) is 0 Å². The summed E-state index contributed by atoms with van der Waals surface area (Å²) in [5, 5.41) is 0. The molecule has 0 unspecified atom stereocenters. The standard InChI is InChI=1S/C23H18/c1-4-11-19-12-10-18-23(22(19)17-9-1,20-13-5-2-6-14-20)21-15-7-3-8-16-21/h1-18H. The van der Waals surface area contributed by atoms with Gasteiger partial charge in [-0.2, -0.15) is 0 Å². The second kappa shape index (κ2) is 5.73. The topological polar surface area (TPSA) is 0 Å². The monoisotopic (exact) mass is 294 g/mol. The van der Waals surface area contributed by atoms with E-state index in [4.69, 9.17) is 0 Å². The molecular formula is C23H18. The summed E-state index contributed by atoms with van der Waals surface area (Å²) in [6.45, 7) is 0. The minimum absolute atomic E-state index is 0.244. The van der Waals surface area contributed by atoms with Crippen LogP contribution < -0.4 is 0 Å². The Morgan fingerprint density at radius 1 is 0.565 bits per heavy atom. The van der Waals surface area contributed by atoms with Gasteiger partial charge >= 0.3 is 0 Å². The molecule has 0 N–H and O–H groups in total. The molecule has 0 spiro atoms. The molecule has 0 radical (unpaired) electrons. The van der Waals surface area contributed by atoms with E-state index in [2.05, 4.69) is 109 Å². The van der Waals surface area contributed by atoms with E-state index in [0.29, 0.717) is 0 Å².